The van der Waals surface area contributed by atoms with E-state index in [2.05, 4.69) is 49.4 Å². The van der Waals surface area contributed by atoms with Gasteiger partial charge in [0, 0.05) is 11.1 Å². The zero-order valence-electron chi connectivity index (χ0n) is 22.9. The van der Waals surface area contributed by atoms with E-state index in [4.69, 9.17) is 9.47 Å². The Hall–Kier alpha value is -4.86. The van der Waals surface area contributed by atoms with Crippen LogP contribution in [0.4, 0.5) is 0 Å². The third kappa shape index (κ3) is 9.16. The van der Waals surface area contributed by atoms with Gasteiger partial charge in [0.2, 0.25) is 0 Å². The van der Waals surface area contributed by atoms with Crippen LogP contribution in [-0.4, -0.2) is 36.8 Å². The van der Waals surface area contributed by atoms with E-state index in [0.29, 0.717) is 23.3 Å². The van der Waals surface area contributed by atoms with Gasteiger partial charge >= 0.3 is 0 Å². The monoisotopic (exact) mass is 546 g/mol. The van der Waals surface area contributed by atoms with Crippen LogP contribution >= 0.6 is 0 Å². The fourth-order valence-electron chi connectivity index (χ4n) is 3.44. The number of ether oxygens (including phenoxy) is 2. The Labute approximate surface area is 233 Å². The zero-order valence-corrected chi connectivity index (χ0v) is 22.9. The minimum atomic E-state index is -0.575. The number of carbonyl (C=O) groups excluding carboxylic acids is 4. The highest BCUT2D eigenvalue weighted by Gasteiger charge is 2.12. The number of amides is 4. The highest BCUT2D eigenvalue weighted by Crippen LogP contribution is 2.19. The summed E-state index contributed by atoms with van der Waals surface area (Å²) < 4.78 is 10.9. The molecular weight excluding hydrogens is 512 g/mol. The van der Waals surface area contributed by atoms with Crippen LogP contribution in [0, 0.1) is 0 Å². The molecule has 4 amide bonds. The fraction of sp³-hybridized carbons (Fsp3) is 0.267. The van der Waals surface area contributed by atoms with E-state index in [0.717, 1.165) is 11.1 Å². The third-order valence-electron chi connectivity index (χ3n) is 5.87. The van der Waals surface area contributed by atoms with Crippen molar-refractivity contribution in [1.29, 1.82) is 0 Å². The predicted molar refractivity (Wildman–Crippen MR) is 150 cm³/mol. The lowest BCUT2D eigenvalue weighted by molar-refractivity contribution is -0.124. The van der Waals surface area contributed by atoms with Gasteiger partial charge in [0.25, 0.3) is 23.6 Å². The van der Waals surface area contributed by atoms with Crippen LogP contribution in [0.1, 0.15) is 71.4 Å². The van der Waals surface area contributed by atoms with Crippen molar-refractivity contribution < 1.29 is 28.7 Å². The molecule has 0 saturated carbocycles. The normalized spacial score (nSPS) is 10.6. The molecule has 0 bridgehead atoms. The molecule has 0 aliphatic rings. The number of hydrazine groups is 2. The van der Waals surface area contributed by atoms with Gasteiger partial charge in [0.1, 0.15) is 11.5 Å². The minimum absolute atomic E-state index is 0.211. The maximum absolute atomic E-state index is 12.3. The molecule has 0 heterocycles. The van der Waals surface area contributed by atoms with Crippen LogP contribution in [-0.2, 0) is 9.59 Å². The van der Waals surface area contributed by atoms with E-state index in [1.165, 1.54) is 24.3 Å². The molecule has 0 spiro atoms. The lowest BCUT2D eigenvalue weighted by Crippen LogP contribution is -2.44. The molecule has 0 aliphatic carbocycles. The number of nitrogens with one attached hydrogen (secondary N) is 4. The summed E-state index contributed by atoms with van der Waals surface area (Å²) in [5, 5.41) is 0. The van der Waals surface area contributed by atoms with Gasteiger partial charge < -0.3 is 9.47 Å². The number of benzene rings is 3. The molecule has 0 aromatic heterocycles. The number of carbonyl (C=O) groups is 4. The number of hydrogen-bond acceptors (Lipinski definition) is 6. The molecule has 10 nitrogen and oxygen atoms in total. The lowest BCUT2D eigenvalue weighted by Gasteiger charge is -2.11. The van der Waals surface area contributed by atoms with E-state index >= 15 is 0 Å². The van der Waals surface area contributed by atoms with E-state index in [9.17, 15) is 19.2 Å². The first kappa shape index (κ1) is 29.7. The van der Waals surface area contributed by atoms with Crippen LogP contribution in [0.3, 0.4) is 0 Å². The van der Waals surface area contributed by atoms with Gasteiger partial charge in [-0.3, -0.25) is 40.9 Å². The predicted octanol–water partition coefficient (Wildman–Crippen LogP) is 3.61. The van der Waals surface area contributed by atoms with Crippen molar-refractivity contribution in [2.45, 2.75) is 39.5 Å². The molecule has 3 aromatic carbocycles. The van der Waals surface area contributed by atoms with Crippen LogP contribution in [0.25, 0.3) is 0 Å². The SMILES string of the molecule is CC(C)c1ccc(OCC(=O)NNC(=O)c2ccc(C(=O)NNC(=O)COc3ccc(C(C)C)cc3)cc2)cc1. The second kappa shape index (κ2) is 14.3. The Morgan fingerprint density at radius 3 is 1.15 bits per heavy atom. The van der Waals surface area contributed by atoms with Gasteiger partial charge in [-0.05, 0) is 71.5 Å². The second-order valence-corrected chi connectivity index (χ2v) is 9.61. The number of hydrogen-bond donors (Lipinski definition) is 4. The molecule has 0 radical (unpaired) electrons. The van der Waals surface area contributed by atoms with Crippen molar-refractivity contribution in [3.05, 3.63) is 95.1 Å². The maximum Gasteiger partial charge on any atom is 0.276 e. The van der Waals surface area contributed by atoms with Crippen LogP contribution < -0.4 is 31.2 Å². The Kier molecular flexibility index (Phi) is 10.6. The molecule has 0 saturated heterocycles. The summed E-state index contributed by atoms with van der Waals surface area (Å²) in [4.78, 5) is 48.7. The van der Waals surface area contributed by atoms with Gasteiger partial charge in [0.15, 0.2) is 13.2 Å². The topological polar surface area (TPSA) is 135 Å². The number of rotatable bonds is 10. The summed E-state index contributed by atoms with van der Waals surface area (Å²) in [6.45, 7) is 7.78. The van der Waals surface area contributed by atoms with E-state index < -0.39 is 23.6 Å². The van der Waals surface area contributed by atoms with Crippen molar-refractivity contribution in [3.8, 4) is 11.5 Å². The van der Waals surface area contributed by atoms with Crippen molar-refractivity contribution in [2.75, 3.05) is 13.2 Å². The van der Waals surface area contributed by atoms with E-state index in [1.54, 1.807) is 24.3 Å². The average Bonchev–Trinajstić information content (AvgIpc) is 2.96. The summed E-state index contributed by atoms with van der Waals surface area (Å²) in [6.07, 6.45) is 0. The van der Waals surface area contributed by atoms with Gasteiger partial charge in [-0.25, -0.2) is 0 Å². The average molecular weight is 547 g/mol. The molecule has 0 atom stereocenters. The van der Waals surface area contributed by atoms with Gasteiger partial charge in [-0.1, -0.05) is 52.0 Å². The molecule has 0 aliphatic heterocycles. The lowest BCUT2D eigenvalue weighted by atomic mass is 10.0. The second-order valence-electron chi connectivity index (χ2n) is 9.61. The highest BCUT2D eigenvalue weighted by molar-refractivity contribution is 5.98. The molecule has 210 valence electrons. The Balaban J connectivity index is 1.37. The summed E-state index contributed by atoms with van der Waals surface area (Å²) >= 11 is 0. The molecule has 0 unspecified atom stereocenters. The summed E-state index contributed by atoms with van der Waals surface area (Å²) in [7, 11) is 0. The van der Waals surface area contributed by atoms with Crippen molar-refractivity contribution in [3.63, 3.8) is 0 Å². The largest absolute Gasteiger partial charge is 0.484 e. The first-order chi connectivity index (χ1) is 19.1. The van der Waals surface area contributed by atoms with E-state index in [-0.39, 0.29) is 24.3 Å². The molecule has 3 aromatic rings. The molecule has 40 heavy (non-hydrogen) atoms. The Morgan fingerprint density at radius 2 is 0.850 bits per heavy atom. The Morgan fingerprint density at radius 1 is 0.525 bits per heavy atom. The third-order valence-corrected chi connectivity index (χ3v) is 5.87. The van der Waals surface area contributed by atoms with Crippen molar-refractivity contribution in [2.24, 2.45) is 0 Å². The summed E-state index contributed by atoms with van der Waals surface area (Å²) in [6, 6.07) is 20.5. The zero-order chi connectivity index (χ0) is 29.1. The van der Waals surface area contributed by atoms with Crippen molar-refractivity contribution >= 4 is 23.6 Å². The van der Waals surface area contributed by atoms with Crippen LogP contribution in [0.2, 0.25) is 0 Å². The molecular formula is C30H34N4O6. The summed E-state index contributed by atoms with van der Waals surface area (Å²) in [5.74, 6) is -0.364. The molecule has 0 fully saturated rings. The highest BCUT2D eigenvalue weighted by atomic mass is 16.5. The van der Waals surface area contributed by atoms with Gasteiger partial charge in [-0.15, -0.1) is 0 Å². The first-order valence-corrected chi connectivity index (χ1v) is 12.9. The molecule has 3 rings (SSSR count). The minimum Gasteiger partial charge on any atom is -0.484 e. The Bertz CT molecular complexity index is 1200. The quantitative estimate of drug-likeness (QED) is 0.287. The molecule has 10 heteroatoms. The fourth-order valence-corrected chi connectivity index (χ4v) is 3.44. The van der Waals surface area contributed by atoms with Gasteiger partial charge in [0.05, 0.1) is 0 Å². The maximum atomic E-state index is 12.3. The standard InChI is InChI=1S/C30H34N4O6/c1-19(2)21-9-13-25(14-10-21)39-17-27(35)31-33-29(37)23-5-7-24(8-6-23)30(38)34-32-28(36)18-40-26-15-11-22(12-16-26)20(3)4/h5-16,19-20H,17-18H2,1-4H3,(H,31,35)(H,32,36)(H,33,37)(H,34,38). The molecule has 4 N–H and O–H groups in total. The van der Waals surface area contributed by atoms with E-state index in [1.807, 2.05) is 24.3 Å². The smallest absolute Gasteiger partial charge is 0.276 e. The van der Waals surface area contributed by atoms with Crippen LogP contribution in [0.5, 0.6) is 11.5 Å². The van der Waals surface area contributed by atoms with Crippen molar-refractivity contribution in [1.82, 2.24) is 21.7 Å². The summed E-state index contributed by atoms with van der Waals surface area (Å²) in [5.41, 5.74) is 11.9. The first-order valence-electron chi connectivity index (χ1n) is 12.9. The van der Waals surface area contributed by atoms with Crippen LogP contribution in [0.15, 0.2) is 72.8 Å². The van der Waals surface area contributed by atoms with Gasteiger partial charge in [-0.2, -0.15) is 0 Å².